The van der Waals surface area contributed by atoms with E-state index in [9.17, 15) is 18.7 Å². The standard InChI is InChI=1S/C16H14F2N2O2/c17-12-4-1-5-13(18)16(12)14(21)10-20-15(22)7-6-11-3-2-8-19-9-11/h1-9,14,21H,10H2,(H,20,22)/b7-6+. The van der Waals surface area contributed by atoms with Crippen molar-refractivity contribution in [2.45, 2.75) is 6.10 Å². The molecule has 0 radical (unpaired) electrons. The third kappa shape index (κ3) is 4.20. The van der Waals surface area contributed by atoms with E-state index in [0.29, 0.717) is 0 Å². The third-order valence-corrected chi connectivity index (χ3v) is 2.91. The maximum atomic E-state index is 13.5. The predicted molar refractivity (Wildman–Crippen MR) is 77.6 cm³/mol. The molecule has 0 fully saturated rings. The van der Waals surface area contributed by atoms with Gasteiger partial charge in [-0.1, -0.05) is 12.1 Å². The Balaban J connectivity index is 1.92. The summed E-state index contributed by atoms with van der Waals surface area (Å²) in [6, 6.07) is 6.79. The van der Waals surface area contributed by atoms with Crippen molar-refractivity contribution in [3.8, 4) is 0 Å². The van der Waals surface area contributed by atoms with E-state index in [0.717, 1.165) is 17.7 Å². The van der Waals surface area contributed by atoms with E-state index >= 15 is 0 Å². The van der Waals surface area contributed by atoms with Crippen LogP contribution in [0.3, 0.4) is 0 Å². The number of halogens is 2. The van der Waals surface area contributed by atoms with E-state index in [2.05, 4.69) is 10.3 Å². The lowest BCUT2D eigenvalue weighted by Crippen LogP contribution is -2.27. The molecule has 0 aliphatic heterocycles. The Kier molecular flexibility index (Phi) is 5.32. The summed E-state index contributed by atoms with van der Waals surface area (Å²) in [7, 11) is 0. The van der Waals surface area contributed by atoms with Crippen molar-refractivity contribution in [1.82, 2.24) is 10.3 Å². The van der Waals surface area contributed by atoms with E-state index in [1.165, 1.54) is 12.1 Å². The van der Waals surface area contributed by atoms with Crippen LogP contribution < -0.4 is 5.32 Å². The quantitative estimate of drug-likeness (QED) is 0.833. The SMILES string of the molecule is O=C(/C=C/c1cccnc1)NCC(O)c1c(F)cccc1F. The Hall–Kier alpha value is -2.60. The first-order valence-electron chi connectivity index (χ1n) is 6.56. The van der Waals surface area contributed by atoms with Gasteiger partial charge < -0.3 is 10.4 Å². The van der Waals surface area contributed by atoms with Gasteiger partial charge in [0.1, 0.15) is 17.7 Å². The summed E-state index contributed by atoms with van der Waals surface area (Å²) in [5.41, 5.74) is 0.275. The van der Waals surface area contributed by atoms with Gasteiger partial charge in [-0.2, -0.15) is 0 Å². The van der Waals surface area contributed by atoms with Crippen LogP contribution in [0.4, 0.5) is 8.78 Å². The van der Waals surface area contributed by atoms with Crippen LogP contribution in [0.2, 0.25) is 0 Å². The molecule has 1 aromatic carbocycles. The molecule has 4 nitrogen and oxygen atoms in total. The molecule has 0 aliphatic rings. The second-order valence-corrected chi connectivity index (χ2v) is 4.52. The molecule has 2 N–H and O–H groups in total. The smallest absolute Gasteiger partial charge is 0.244 e. The Labute approximate surface area is 126 Å². The molecular formula is C16H14F2N2O2. The van der Waals surface area contributed by atoms with Gasteiger partial charge in [-0.3, -0.25) is 9.78 Å². The van der Waals surface area contributed by atoms with Gasteiger partial charge in [0.2, 0.25) is 5.91 Å². The molecule has 0 spiro atoms. The van der Waals surface area contributed by atoms with Crippen molar-refractivity contribution in [2.75, 3.05) is 6.54 Å². The van der Waals surface area contributed by atoms with Crippen molar-refractivity contribution in [3.05, 3.63) is 71.6 Å². The molecule has 1 amide bonds. The number of carbonyl (C=O) groups is 1. The fourth-order valence-electron chi connectivity index (χ4n) is 1.83. The van der Waals surface area contributed by atoms with Crippen LogP contribution in [0.15, 0.2) is 48.8 Å². The van der Waals surface area contributed by atoms with Gasteiger partial charge in [0.05, 0.1) is 5.56 Å². The number of aliphatic hydroxyl groups is 1. The zero-order chi connectivity index (χ0) is 15.9. The van der Waals surface area contributed by atoms with Crippen LogP contribution in [-0.4, -0.2) is 22.5 Å². The fourth-order valence-corrected chi connectivity index (χ4v) is 1.83. The second kappa shape index (κ2) is 7.42. The molecule has 114 valence electrons. The van der Waals surface area contributed by atoms with Crippen LogP contribution in [0, 0.1) is 11.6 Å². The minimum Gasteiger partial charge on any atom is -0.386 e. The topological polar surface area (TPSA) is 62.2 Å². The number of amides is 1. The van der Waals surface area contributed by atoms with Gasteiger partial charge in [0, 0.05) is 25.0 Å². The first-order valence-corrected chi connectivity index (χ1v) is 6.56. The van der Waals surface area contributed by atoms with Crippen molar-refractivity contribution in [3.63, 3.8) is 0 Å². The lowest BCUT2D eigenvalue weighted by Gasteiger charge is -2.13. The van der Waals surface area contributed by atoms with Gasteiger partial charge in [0.15, 0.2) is 0 Å². The van der Waals surface area contributed by atoms with Gasteiger partial charge >= 0.3 is 0 Å². The first kappa shape index (κ1) is 15.8. The zero-order valence-corrected chi connectivity index (χ0v) is 11.5. The largest absolute Gasteiger partial charge is 0.386 e. The number of aromatic nitrogens is 1. The molecule has 1 atom stereocenters. The fraction of sp³-hybridized carbons (Fsp3) is 0.125. The minimum absolute atomic E-state index is 0.298. The average molecular weight is 304 g/mol. The molecule has 6 heteroatoms. The molecule has 2 aromatic rings. The summed E-state index contributed by atoms with van der Waals surface area (Å²) >= 11 is 0. The number of aliphatic hydroxyl groups excluding tert-OH is 1. The highest BCUT2D eigenvalue weighted by Gasteiger charge is 2.17. The Morgan fingerprint density at radius 1 is 1.27 bits per heavy atom. The second-order valence-electron chi connectivity index (χ2n) is 4.52. The van der Waals surface area contributed by atoms with Crippen LogP contribution in [-0.2, 0) is 4.79 Å². The Morgan fingerprint density at radius 2 is 2.00 bits per heavy atom. The lowest BCUT2D eigenvalue weighted by atomic mass is 10.1. The number of hydrogen-bond donors (Lipinski definition) is 2. The molecule has 1 aromatic heterocycles. The van der Waals surface area contributed by atoms with Gasteiger partial charge in [-0.05, 0) is 29.8 Å². The summed E-state index contributed by atoms with van der Waals surface area (Å²) in [6.45, 7) is -0.298. The molecular weight excluding hydrogens is 290 g/mol. The van der Waals surface area contributed by atoms with E-state index in [1.807, 2.05) is 0 Å². The summed E-state index contributed by atoms with van der Waals surface area (Å²) in [5.74, 6) is -2.19. The molecule has 2 rings (SSSR count). The monoisotopic (exact) mass is 304 g/mol. The third-order valence-electron chi connectivity index (χ3n) is 2.91. The number of rotatable bonds is 5. The maximum Gasteiger partial charge on any atom is 0.244 e. The normalized spacial score (nSPS) is 12.3. The van der Waals surface area contributed by atoms with Gasteiger partial charge in [-0.25, -0.2) is 8.78 Å². The molecule has 0 saturated carbocycles. The maximum absolute atomic E-state index is 13.5. The van der Waals surface area contributed by atoms with E-state index in [4.69, 9.17) is 0 Å². The van der Waals surface area contributed by atoms with E-state index in [1.54, 1.807) is 30.6 Å². The summed E-state index contributed by atoms with van der Waals surface area (Å²) < 4.78 is 26.9. The zero-order valence-electron chi connectivity index (χ0n) is 11.5. The number of carbonyl (C=O) groups excluding carboxylic acids is 1. The van der Waals surface area contributed by atoms with E-state index < -0.39 is 29.2 Å². The van der Waals surface area contributed by atoms with E-state index in [-0.39, 0.29) is 6.54 Å². The number of hydrogen-bond acceptors (Lipinski definition) is 3. The highest BCUT2D eigenvalue weighted by atomic mass is 19.1. The summed E-state index contributed by atoms with van der Waals surface area (Å²) in [6.07, 6.45) is 4.51. The number of benzene rings is 1. The average Bonchev–Trinajstić information content (AvgIpc) is 2.52. The molecule has 0 bridgehead atoms. The van der Waals surface area contributed by atoms with Gasteiger partial charge in [0.25, 0.3) is 0 Å². The highest BCUT2D eigenvalue weighted by Crippen LogP contribution is 2.19. The molecule has 1 heterocycles. The molecule has 0 aliphatic carbocycles. The van der Waals surface area contributed by atoms with Crippen molar-refractivity contribution < 1.29 is 18.7 Å². The number of nitrogens with one attached hydrogen (secondary N) is 1. The van der Waals surface area contributed by atoms with Crippen molar-refractivity contribution in [1.29, 1.82) is 0 Å². The lowest BCUT2D eigenvalue weighted by molar-refractivity contribution is -0.116. The first-order chi connectivity index (χ1) is 10.6. The van der Waals surface area contributed by atoms with Gasteiger partial charge in [-0.15, -0.1) is 0 Å². The summed E-state index contributed by atoms with van der Waals surface area (Å²) in [5, 5.41) is 12.2. The Bertz CT molecular complexity index is 655. The van der Waals surface area contributed by atoms with Crippen LogP contribution in [0.25, 0.3) is 6.08 Å². The molecule has 0 saturated heterocycles. The van der Waals surface area contributed by atoms with Crippen LogP contribution in [0.5, 0.6) is 0 Å². The highest BCUT2D eigenvalue weighted by molar-refractivity contribution is 5.91. The Morgan fingerprint density at radius 3 is 2.64 bits per heavy atom. The van der Waals surface area contributed by atoms with Crippen LogP contribution in [0.1, 0.15) is 17.2 Å². The molecule has 1 unspecified atom stereocenters. The molecule has 22 heavy (non-hydrogen) atoms. The number of pyridine rings is 1. The predicted octanol–water partition coefficient (Wildman–Crippen LogP) is 2.22. The number of nitrogens with zero attached hydrogens (tertiary/aromatic N) is 1. The summed E-state index contributed by atoms with van der Waals surface area (Å²) in [4.78, 5) is 15.5. The van der Waals surface area contributed by atoms with Crippen molar-refractivity contribution in [2.24, 2.45) is 0 Å². The minimum atomic E-state index is -1.46. The van der Waals surface area contributed by atoms with Crippen molar-refractivity contribution >= 4 is 12.0 Å². The van der Waals surface area contributed by atoms with Crippen LogP contribution >= 0.6 is 0 Å².